The van der Waals surface area contributed by atoms with E-state index in [1.165, 1.54) is 16.8 Å². The van der Waals surface area contributed by atoms with E-state index in [-0.39, 0.29) is 0 Å². The highest BCUT2D eigenvalue weighted by atomic mass is 79.9. The first-order chi connectivity index (χ1) is 8.08. The summed E-state index contributed by atoms with van der Waals surface area (Å²) in [5.41, 5.74) is 6.39. The Labute approximate surface area is 105 Å². The van der Waals surface area contributed by atoms with Crippen LogP contribution in [0.15, 0.2) is 44.5 Å². The molecule has 0 aliphatic heterocycles. The summed E-state index contributed by atoms with van der Waals surface area (Å²) in [4.78, 5) is 24.6. The molecule has 3 N–H and O–H groups in total. The van der Waals surface area contributed by atoms with E-state index in [0.29, 0.717) is 12.2 Å². The van der Waals surface area contributed by atoms with Crippen molar-refractivity contribution in [1.29, 1.82) is 0 Å². The van der Waals surface area contributed by atoms with Gasteiger partial charge in [-0.3, -0.25) is 14.3 Å². The summed E-state index contributed by atoms with van der Waals surface area (Å²) >= 11 is 3.36. The zero-order chi connectivity index (χ0) is 12.4. The summed E-state index contributed by atoms with van der Waals surface area (Å²) < 4.78 is 2.17. The Morgan fingerprint density at radius 1 is 1.29 bits per heavy atom. The number of hydrogen-bond donors (Lipinski definition) is 2. The number of H-pyrrole nitrogens is 1. The maximum Gasteiger partial charge on any atom is 0.328 e. The lowest BCUT2D eigenvalue weighted by Crippen LogP contribution is -2.28. The lowest BCUT2D eigenvalue weighted by Gasteiger charge is -2.08. The molecule has 0 saturated carbocycles. The number of nitrogens with two attached hydrogens (primary N) is 1. The Morgan fingerprint density at radius 2 is 2.06 bits per heavy atom. The summed E-state index contributed by atoms with van der Waals surface area (Å²) in [6.45, 7) is 0.348. The number of nitrogens with zero attached hydrogens (tertiary/aromatic N) is 1. The fourth-order valence-corrected chi connectivity index (χ4v) is 1.86. The molecule has 0 amide bonds. The van der Waals surface area contributed by atoms with Crippen LogP contribution in [-0.4, -0.2) is 9.55 Å². The molecule has 0 saturated heterocycles. The van der Waals surface area contributed by atoms with Crippen LogP contribution in [0, 0.1) is 0 Å². The Balaban J connectivity index is 2.42. The van der Waals surface area contributed by atoms with Gasteiger partial charge in [0.05, 0.1) is 6.54 Å². The molecule has 0 spiro atoms. The Kier molecular flexibility index (Phi) is 3.14. The lowest BCUT2D eigenvalue weighted by molar-refractivity contribution is 0.719. The van der Waals surface area contributed by atoms with Crippen molar-refractivity contribution in [3.8, 4) is 0 Å². The Bertz CT molecular complexity index is 660. The fourth-order valence-electron chi connectivity index (χ4n) is 1.47. The fraction of sp³-hybridized carbons (Fsp3) is 0.0909. The highest BCUT2D eigenvalue weighted by molar-refractivity contribution is 9.10. The summed E-state index contributed by atoms with van der Waals surface area (Å²) in [5, 5.41) is 0. The third-order valence-corrected chi connectivity index (χ3v) is 3.31. The van der Waals surface area contributed by atoms with Gasteiger partial charge >= 0.3 is 5.69 Å². The van der Waals surface area contributed by atoms with Crippen LogP contribution in [0.5, 0.6) is 0 Å². The normalized spacial score (nSPS) is 10.4. The maximum atomic E-state index is 11.5. The average Bonchev–Trinajstić information content (AvgIpc) is 2.28. The van der Waals surface area contributed by atoms with Crippen LogP contribution in [0.25, 0.3) is 0 Å². The van der Waals surface area contributed by atoms with E-state index in [1.54, 1.807) is 6.07 Å². The molecule has 1 aromatic heterocycles. The predicted octanol–water partition coefficient (Wildman–Crippen LogP) is 0.930. The highest BCUT2D eigenvalue weighted by Crippen LogP contribution is 2.23. The molecule has 17 heavy (non-hydrogen) atoms. The van der Waals surface area contributed by atoms with E-state index >= 15 is 0 Å². The molecule has 1 heterocycles. The van der Waals surface area contributed by atoms with Crippen molar-refractivity contribution in [2.24, 2.45) is 0 Å². The topological polar surface area (TPSA) is 80.9 Å². The van der Waals surface area contributed by atoms with Crippen LogP contribution < -0.4 is 17.0 Å². The second-order valence-electron chi connectivity index (χ2n) is 3.56. The van der Waals surface area contributed by atoms with Crippen molar-refractivity contribution >= 4 is 21.6 Å². The predicted molar refractivity (Wildman–Crippen MR) is 69.0 cm³/mol. The number of rotatable bonds is 2. The first kappa shape index (κ1) is 11.7. The number of halogens is 1. The molecule has 6 heteroatoms. The maximum absolute atomic E-state index is 11.5. The van der Waals surface area contributed by atoms with Gasteiger partial charge in [0, 0.05) is 22.4 Å². The van der Waals surface area contributed by atoms with Crippen LogP contribution in [0.2, 0.25) is 0 Å². The first-order valence-corrected chi connectivity index (χ1v) is 5.70. The highest BCUT2D eigenvalue weighted by Gasteiger charge is 2.04. The standard InChI is InChI=1S/C11H10BrN3O2/c12-10-7(2-1-3-8(10)13)6-15-5-4-9(16)14-11(15)17/h1-5H,6,13H2,(H,14,16,17). The van der Waals surface area contributed by atoms with Gasteiger partial charge in [-0.1, -0.05) is 12.1 Å². The number of nitrogens with one attached hydrogen (secondary N) is 1. The lowest BCUT2D eigenvalue weighted by atomic mass is 10.2. The number of hydrogen-bond acceptors (Lipinski definition) is 3. The van der Waals surface area contributed by atoms with Gasteiger partial charge in [-0.25, -0.2) is 4.79 Å². The van der Waals surface area contributed by atoms with Crippen molar-refractivity contribution in [3.63, 3.8) is 0 Å². The molecule has 0 fully saturated rings. The molecular formula is C11H10BrN3O2. The SMILES string of the molecule is Nc1cccc(Cn2ccc(=O)[nH]c2=O)c1Br. The number of anilines is 1. The number of nitrogen functional groups attached to an aromatic ring is 1. The van der Waals surface area contributed by atoms with E-state index in [4.69, 9.17) is 5.73 Å². The molecule has 5 nitrogen and oxygen atoms in total. The van der Waals surface area contributed by atoms with E-state index in [2.05, 4.69) is 20.9 Å². The minimum Gasteiger partial charge on any atom is -0.398 e. The second kappa shape index (κ2) is 4.58. The molecule has 0 unspecified atom stereocenters. The van der Waals surface area contributed by atoms with Crippen LogP contribution in [-0.2, 0) is 6.54 Å². The number of benzene rings is 1. The van der Waals surface area contributed by atoms with Crippen molar-refractivity contribution in [2.75, 3.05) is 5.73 Å². The molecule has 0 aliphatic rings. The zero-order valence-corrected chi connectivity index (χ0v) is 10.4. The van der Waals surface area contributed by atoms with E-state index in [9.17, 15) is 9.59 Å². The van der Waals surface area contributed by atoms with Crippen molar-refractivity contribution in [2.45, 2.75) is 6.54 Å². The molecule has 0 radical (unpaired) electrons. The largest absolute Gasteiger partial charge is 0.398 e. The van der Waals surface area contributed by atoms with E-state index in [0.717, 1.165) is 10.0 Å². The summed E-state index contributed by atoms with van der Waals surface area (Å²) in [6.07, 6.45) is 1.46. The van der Waals surface area contributed by atoms with Gasteiger partial charge < -0.3 is 5.73 Å². The minimum absolute atomic E-state index is 0.348. The van der Waals surface area contributed by atoms with E-state index < -0.39 is 11.2 Å². The monoisotopic (exact) mass is 295 g/mol. The van der Waals surface area contributed by atoms with Gasteiger partial charge in [0.1, 0.15) is 0 Å². The van der Waals surface area contributed by atoms with Gasteiger partial charge in [-0.15, -0.1) is 0 Å². The zero-order valence-electron chi connectivity index (χ0n) is 8.81. The molecule has 2 aromatic rings. The van der Waals surface area contributed by atoms with Gasteiger partial charge in [0.2, 0.25) is 0 Å². The third kappa shape index (κ3) is 2.47. The van der Waals surface area contributed by atoms with Crippen molar-refractivity contribution < 1.29 is 0 Å². The Hall–Kier alpha value is -1.82. The summed E-state index contributed by atoms with van der Waals surface area (Å²) in [7, 11) is 0. The smallest absolute Gasteiger partial charge is 0.328 e. The van der Waals surface area contributed by atoms with Crippen LogP contribution in [0.3, 0.4) is 0 Å². The van der Waals surface area contributed by atoms with Gasteiger partial charge in [-0.2, -0.15) is 0 Å². The first-order valence-electron chi connectivity index (χ1n) is 4.90. The molecular weight excluding hydrogens is 286 g/mol. The van der Waals surface area contributed by atoms with Gasteiger partial charge in [-0.05, 0) is 27.6 Å². The van der Waals surface area contributed by atoms with Crippen LogP contribution >= 0.6 is 15.9 Å². The number of aromatic nitrogens is 2. The summed E-state index contributed by atoms with van der Waals surface area (Å²) in [5.74, 6) is 0. The number of aromatic amines is 1. The van der Waals surface area contributed by atoms with Gasteiger partial charge in [0.25, 0.3) is 5.56 Å². The van der Waals surface area contributed by atoms with E-state index in [1.807, 2.05) is 12.1 Å². The van der Waals surface area contributed by atoms with Crippen LogP contribution in [0.4, 0.5) is 5.69 Å². The quantitative estimate of drug-likeness (QED) is 0.809. The average molecular weight is 296 g/mol. The van der Waals surface area contributed by atoms with Crippen molar-refractivity contribution in [1.82, 2.24) is 9.55 Å². The van der Waals surface area contributed by atoms with Gasteiger partial charge in [0.15, 0.2) is 0 Å². The molecule has 0 bridgehead atoms. The third-order valence-electron chi connectivity index (χ3n) is 2.35. The molecule has 0 aliphatic carbocycles. The van der Waals surface area contributed by atoms with Crippen molar-refractivity contribution in [3.05, 3.63) is 61.3 Å². The Morgan fingerprint density at radius 3 is 2.76 bits per heavy atom. The molecule has 0 atom stereocenters. The van der Waals surface area contributed by atoms with Crippen LogP contribution in [0.1, 0.15) is 5.56 Å². The molecule has 88 valence electrons. The molecule has 1 aromatic carbocycles. The summed E-state index contributed by atoms with van der Waals surface area (Å²) in [6, 6.07) is 6.75. The minimum atomic E-state index is -0.438. The molecule has 2 rings (SSSR count). The second-order valence-corrected chi connectivity index (χ2v) is 4.35.